The number of nitrogens with zero attached hydrogens (tertiary/aromatic N) is 3. The maximum atomic E-state index is 5.81. The molecule has 1 aromatic heterocycles. The molecule has 0 bridgehead atoms. The lowest BCUT2D eigenvalue weighted by atomic mass is 10.2. The van der Waals surface area contributed by atoms with E-state index < -0.39 is 0 Å². The average Bonchev–Trinajstić information content (AvgIpc) is 3.08. The Hall–Kier alpha value is -1.62. The lowest BCUT2D eigenvalue weighted by Crippen LogP contribution is -2.18. The monoisotopic (exact) mass is 275 g/mol. The topological polar surface area (TPSA) is 38.3 Å². The van der Waals surface area contributed by atoms with E-state index in [0.717, 1.165) is 24.5 Å². The van der Waals surface area contributed by atoms with Crippen molar-refractivity contribution in [3.63, 3.8) is 0 Å². The van der Waals surface area contributed by atoms with Crippen LogP contribution >= 0.6 is 11.7 Å². The summed E-state index contributed by atoms with van der Waals surface area (Å²) in [6.07, 6.45) is 2.46. The molecule has 0 N–H and O–H groups in total. The molecule has 100 valence electrons. The van der Waals surface area contributed by atoms with Gasteiger partial charge in [-0.2, -0.15) is 4.37 Å². The van der Waals surface area contributed by atoms with E-state index in [2.05, 4.69) is 44.8 Å². The van der Waals surface area contributed by atoms with E-state index >= 15 is 0 Å². The van der Waals surface area contributed by atoms with E-state index in [1.807, 2.05) is 0 Å². The van der Waals surface area contributed by atoms with Crippen molar-refractivity contribution >= 4 is 17.5 Å². The fourth-order valence-electron chi connectivity index (χ4n) is 2.22. The molecule has 2 aromatic rings. The molecule has 4 nitrogen and oxygen atoms in total. The van der Waals surface area contributed by atoms with E-state index in [9.17, 15) is 0 Å². The van der Waals surface area contributed by atoms with Crippen LogP contribution in [0.3, 0.4) is 0 Å². The third-order valence-corrected chi connectivity index (χ3v) is 3.85. The van der Waals surface area contributed by atoms with Crippen LogP contribution in [0, 0.1) is 6.92 Å². The Labute approximate surface area is 117 Å². The first-order chi connectivity index (χ1) is 9.33. The maximum absolute atomic E-state index is 5.81. The molecule has 0 spiro atoms. The van der Waals surface area contributed by atoms with E-state index in [0.29, 0.717) is 12.5 Å². The number of rotatable bonds is 4. The molecule has 0 amide bonds. The van der Waals surface area contributed by atoms with Crippen molar-refractivity contribution in [2.45, 2.75) is 26.4 Å². The molecule has 0 atom stereocenters. The summed E-state index contributed by atoms with van der Waals surface area (Å²) in [5, 5.41) is 0. The largest absolute Gasteiger partial charge is 0.470 e. The zero-order valence-electron chi connectivity index (χ0n) is 11.0. The molecular weight excluding hydrogens is 258 g/mol. The molecule has 1 saturated heterocycles. The zero-order chi connectivity index (χ0) is 13.1. The maximum Gasteiger partial charge on any atom is 0.271 e. The standard InChI is InChI=1S/C14H17N3OS/c1-11-4-6-12(7-5-11)10-18-14-13(15-19-16-14)17-8-2-3-9-17/h4-7H,2-3,8-10H2,1H3. The lowest BCUT2D eigenvalue weighted by Gasteiger charge is -2.15. The predicted molar refractivity (Wildman–Crippen MR) is 76.9 cm³/mol. The van der Waals surface area contributed by atoms with Crippen LogP contribution in [0.2, 0.25) is 0 Å². The molecule has 1 fully saturated rings. The Morgan fingerprint density at radius 1 is 1.16 bits per heavy atom. The summed E-state index contributed by atoms with van der Waals surface area (Å²) >= 11 is 1.22. The van der Waals surface area contributed by atoms with E-state index in [1.165, 1.54) is 30.1 Å². The first kappa shape index (κ1) is 12.4. The molecule has 0 unspecified atom stereocenters. The Morgan fingerprint density at radius 2 is 1.89 bits per heavy atom. The van der Waals surface area contributed by atoms with Gasteiger partial charge in [-0.1, -0.05) is 29.8 Å². The molecule has 2 heterocycles. The number of aryl methyl sites for hydroxylation is 1. The van der Waals surface area contributed by atoms with Crippen molar-refractivity contribution in [1.29, 1.82) is 0 Å². The van der Waals surface area contributed by atoms with Crippen LogP contribution in [0.25, 0.3) is 0 Å². The summed E-state index contributed by atoms with van der Waals surface area (Å²) in [4.78, 5) is 2.26. The van der Waals surface area contributed by atoms with Crippen molar-refractivity contribution < 1.29 is 4.74 Å². The number of anilines is 1. The number of aromatic nitrogens is 2. The number of ether oxygens (including phenoxy) is 1. The van der Waals surface area contributed by atoms with Crippen LogP contribution in [-0.2, 0) is 6.61 Å². The molecule has 0 saturated carbocycles. The smallest absolute Gasteiger partial charge is 0.271 e. The molecule has 5 heteroatoms. The van der Waals surface area contributed by atoms with Gasteiger partial charge in [-0.15, -0.1) is 4.37 Å². The highest BCUT2D eigenvalue weighted by Crippen LogP contribution is 2.29. The van der Waals surface area contributed by atoms with E-state index in [4.69, 9.17) is 4.74 Å². The van der Waals surface area contributed by atoms with Crippen molar-refractivity contribution in [3.05, 3.63) is 35.4 Å². The second-order valence-electron chi connectivity index (χ2n) is 4.86. The Morgan fingerprint density at radius 3 is 2.63 bits per heavy atom. The van der Waals surface area contributed by atoms with Gasteiger partial charge in [-0.25, -0.2) is 0 Å². The normalized spacial score (nSPS) is 14.9. The van der Waals surface area contributed by atoms with Crippen LogP contribution in [0.5, 0.6) is 5.88 Å². The third-order valence-electron chi connectivity index (χ3n) is 3.34. The molecule has 0 radical (unpaired) electrons. The van der Waals surface area contributed by atoms with Crippen molar-refractivity contribution in [1.82, 2.24) is 8.75 Å². The molecular formula is C14H17N3OS. The van der Waals surface area contributed by atoms with Gasteiger partial charge >= 0.3 is 0 Å². The van der Waals surface area contributed by atoms with Gasteiger partial charge in [0.2, 0.25) is 5.82 Å². The van der Waals surface area contributed by atoms with Crippen molar-refractivity contribution in [2.75, 3.05) is 18.0 Å². The van der Waals surface area contributed by atoms with Gasteiger partial charge in [-0.3, -0.25) is 0 Å². The summed E-state index contributed by atoms with van der Waals surface area (Å²) in [7, 11) is 0. The minimum absolute atomic E-state index is 0.548. The van der Waals surface area contributed by atoms with Crippen LogP contribution in [0.1, 0.15) is 24.0 Å². The highest BCUT2D eigenvalue weighted by Gasteiger charge is 2.20. The minimum atomic E-state index is 0.548. The van der Waals surface area contributed by atoms with Gasteiger partial charge in [0.1, 0.15) is 6.61 Å². The van der Waals surface area contributed by atoms with Crippen molar-refractivity contribution in [3.8, 4) is 5.88 Å². The van der Waals surface area contributed by atoms with Crippen LogP contribution in [0.15, 0.2) is 24.3 Å². The van der Waals surface area contributed by atoms with Crippen LogP contribution in [-0.4, -0.2) is 21.8 Å². The number of benzene rings is 1. The predicted octanol–water partition coefficient (Wildman–Crippen LogP) is 3.03. The molecule has 1 aromatic carbocycles. The summed E-state index contributed by atoms with van der Waals surface area (Å²) < 4.78 is 14.4. The molecule has 0 aliphatic carbocycles. The van der Waals surface area contributed by atoms with Crippen molar-refractivity contribution in [2.24, 2.45) is 0 Å². The first-order valence-electron chi connectivity index (χ1n) is 6.59. The SMILES string of the molecule is Cc1ccc(COc2nsnc2N2CCCC2)cc1. The highest BCUT2D eigenvalue weighted by molar-refractivity contribution is 6.99. The van der Waals surface area contributed by atoms with Gasteiger partial charge in [0, 0.05) is 13.1 Å². The number of hydrogen-bond donors (Lipinski definition) is 0. The number of hydrogen-bond acceptors (Lipinski definition) is 5. The second-order valence-corrected chi connectivity index (χ2v) is 5.39. The van der Waals surface area contributed by atoms with Gasteiger partial charge in [0.05, 0.1) is 11.7 Å². The molecule has 19 heavy (non-hydrogen) atoms. The average molecular weight is 275 g/mol. The van der Waals surface area contributed by atoms with Crippen LogP contribution < -0.4 is 9.64 Å². The molecule has 1 aliphatic heterocycles. The Kier molecular flexibility index (Phi) is 3.64. The van der Waals surface area contributed by atoms with E-state index in [1.54, 1.807) is 0 Å². The van der Waals surface area contributed by atoms with Gasteiger partial charge in [-0.05, 0) is 25.3 Å². The molecule has 1 aliphatic rings. The first-order valence-corrected chi connectivity index (χ1v) is 7.32. The second kappa shape index (κ2) is 5.57. The quantitative estimate of drug-likeness (QED) is 0.859. The summed E-state index contributed by atoms with van der Waals surface area (Å²) in [6, 6.07) is 8.37. The van der Waals surface area contributed by atoms with Gasteiger partial charge < -0.3 is 9.64 Å². The zero-order valence-corrected chi connectivity index (χ0v) is 11.8. The third kappa shape index (κ3) is 2.87. The minimum Gasteiger partial charge on any atom is -0.470 e. The summed E-state index contributed by atoms with van der Waals surface area (Å²) in [5.41, 5.74) is 2.42. The molecule has 3 rings (SSSR count). The van der Waals surface area contributed by atoms with Gasteiger partial charge in [0.15, 0.2) is 0 Å². The van der Waals surface area contributed by atoms with E-state index in [-0.39, 0.29) is 0 Å². The Bertz CT molecular complexity index is 532. The Balaban J connectivity index is 1.66. The lowest BCUT2D eigenvalue weighted by molar-refractivity contribution is 0.297. The fourth-order valence-corrected chi connectivity index (χ4v) is 2.75. The fraction of sp³-hybridized carbons (Fsp3) is 0.429. The summed E-state index contributed by atoms with van der Waals surface area (Å²) in [5.74, 6) is 1.59. The summed E-state index contributed by atoms with van der Waals surface area (Å²) in [6.45, 7) is 4.76. The van der Waals surface area contributed by atoms with Gasteiger partial charge in [0.25, 0.3) is 5.88 Å². The highest BCUT2D eigenvalue weighted by atomic mass is 32.1. The van der Waals surface area contributed by atoms with Crippen LogP contribution in [0.4, 0.5) is 5.82 Å².